The Balaban J connectivity index is 1.75. The van der Waals surface area contributed by atoms with Crippen LogP contribution in [0.1, 0.15) is 30.4 Å². The lowest BCUT2D eigenvalue weighted by molar-refractivity contribution is 0.180. The predicted octanol–water partition coefficient (Wildman–Crippen LogP) is 3.16. The summed E-state index contributed by atoms with van der Waals surface area (Å²) in [7, 11) is 0. The summed E-state index contributed by atoms with van der Waals surface area (Å²) in [6.45, 7) is 2.77. The summed E-state index contributed by atoms with van der Waals surface area (Å²) in [5.74, 6) is 1.63. The lowest BCUT2D eigenvalue weighted by Gasteiger charge is -2.26. The molecule has 0 spiro atoms. The molecule has 1 N–H and O–H groups in total. The van der Waals surface area contributed by atoms with Gasteiger partial charge in [-0.2, -0.15) is 0 Å². The Morgan fingerprint density at radius 3 is 3.00 bits per heavy atom. The second-order valence-electron chi connectivity index (χ2n) is 5.05. The number of ether oxygens (including phenoxy) is 1. The summed E-state index contributed by atoms with van der Waals surface area (Å²) in [5.41, 5.74) is 2.59. The molecule has 0 saturated heterocycles. The maximum absolute atomic E-state index is 6.42. The van der Waals surface area contributed by atoms with E-state index in [1.54, 1.807) is 0 Å². The third-order valence-electron chi connectivity index (χ3n) is 3.87. The average molecular weight is 252 g/mol. The average Bonchev–Trinajstić information content (AvgIpc) is 2.30. The predicted molar refractivity (Wildman–Crippen MR) is 69.7 cm³/mol. The van der Waals surface area contributed by atoms with Gasteiger partial charge in [0.2, 0.25) is 0 Å². The van der Waals surface area contributed by atoms with Crippen LogP contribution in [0.25, 0.3) is 0 Å². The van der Waals surface area contributed by atoms with E-state index >= 15 is 0 Å². The van der Waals surface area contributed by atoms with Gasteiger partial charge < -0.3 is 10.1 Å². The summed E-state index contributed by atoms with van der Waals surface area (Å²) in [4.78, 5) is 0. The molecule has 92 valence electrons. The van der Waals surface area contributed by atoms with Crippen LogP contribution in [0.15, 0.2) is 12.1 Å². The van der Waals surface area contributed by atoms with Gasteiger partial charge in [-0.05, 0) is 48.9 Å². The number of benzene rings is 1. The van der Waals surface area contributed by atoms with Crippen molar-refractivity contribution in [2.24, 2.45) is 5.92 Å². The SMILES string of the molecule is Clc1c(OCC2CCC2)ccc2c1CCNC2. The molecule has 1 fully saturated rings. The van der Waals surface area contributed by atoms with E-state index < -0.39 is 0 Å². The van der Waals surface area contributed by atoms with Gasteiger partial charge in [0.15, 0.2) is 0 Å². The fourth-order valence-corrected chi connectivity index (χ4v) is 2.82. The Morgan fingerprint density at radius 1 is 1.35 bits per heavy atom. The largest absolute Gasteiger partial charge is 0.492 e. The van der Waals surface area contributed by atoms with Crippen molar-refractivity contribution in [3.8, 4) is 5.75 Å². The number of fused-ring (bicyclic) bond motifs is 1. The second-order valence-corrected chi connectivity index (χ2v) is 5.43. The van der Waals surface area contributed by atoms with Crippen LogP contribution in [-0.4, -0.2) is 13.2 Å². The number of halogens is 1. The summed E-state index contributed by atoms with van der Waals surface area (Å²) >= 11 is 6.42. The smallest absolute Gasteiger partial charge is 0.138 e. The Morgan fingerprint density at radius 2 is 2.24 bits per heavy atom. The van der Waals surface area contributed by atoms with E-state index in [0.29, 0.717) is 0 Å². The van der Waals surface area contributed by atoms with Gasteiger partial charge in [0.25, 0.3) is 0 Å². The number of hydrogen-bond donors (Lipinski definition) is 1. The number of rotatable bonds is 3. The molecule has 0 aromatic heterocycles. The van der Waals surface area contributed by atoms with Crippen molar-refractivity contribution in [1.29, 1.82) is 0 Å². The fraction of sp³-hybridized carbons (Fsp3) is 0.571. The van der Waals surface area contributed by atoms with E-state index in [4.69, 9.17) is 16.3 Å². The fourth-order valence-electron chi connectivity index (χ4n) is 2.49. The molecule has 3 heteroatoms. The molecule has 17 heavy (non-hydrogen) atoms. The molecule has 0 unspecified atom stereocenters. The Kier molecular flexibility index (Phi) is 3.26. The van der Waals surface area contributed by atoms with Gasteiger partial charge in [0, 0.05) is 6.54 Å². The first-order valence-electron chi connectivity index (χ1n) is 6.48. The van der Waals surface area contributed by atoms with Gasteiger partial charge in [-0.3, -0.25) is 0 Å². The van der Waals surface area contributed by atoms with Crippen molar-refractivity contribution in [3.05, 3.63) is 28.3 Å². The first-order chi connectivity index (χ1) is 8.34. The molecule has 3 rings (SSSR count). The highest BCUT2D eigenvalue weighted by Crippen LogP contribution is 2.34. The minimum absolute atomic E-state index is 0.753. The molecule has 0 atom stereocenters. The zero-order valence-corrected chi connectivity index (χ0v) is 10.7. The molecular weight excluding hydrogens is 234 g/mol. The van der Waals surface area contributed by atoms with Gasteiger partial charge in [-0.25, -0.2) is 0 Å². The van der Waals surface area contributed by atoms with Crippen LogP contribution < -0.4 is 10.1 Å². The number of hydrogen-bond acceptors (Lipinski definition) is 2. The third-order valence-corrected chi connectivity index (χ3v) is 4.29. The maximum Gasteiger partial charge on any atom is 0.138 e. The second kappa shape index (κ2) is 4.87. The third kappa shape index (κ3) is 2.29. The zero-order valence-electron chi connectivity index (χ0n) is 9.97. The monoisotopic (exact) mass is 251 g/mol. The molecule has 1 aliphatic carbocycles. The Labute approximate surface area is 107 Å². The summed E-state index contributed by atoms with van der Waals surface area (Å²) < 4.78 is 5.85. The first-order valence-corrected chi connectivity index (χ1v) is 6.86. The highest BCUT2D eigenvalue weighted by Gasteiger charge is 2.20. The van der Waals surface area contributed by atoms with E-state index in [2.05, 4.69) is 11.4 Å². The van der Waals surface area contributed by atoms with E-state index in [0.717, 1.165) is 42.8 Å². The lowest BCUT2D eigenvalue weighted by atomic mass is 9.86. The van der Waals surface area contributed by atoms with Crippen molar-refractivity contribution >= 4 is 11.6 Å². The Bertz CT molecular complexity index is 415. The quantitative estimate of drug-likeness (QED) is 0.891. The van der Waals surface area contributed by atoms with Crippen molar-refractivity contribution in [2.45, 2.75) is 32.2 Å². The highest BCUT2D eigenvalue weighted by molar-refractivity contribution is 6.33. The molecular formula is C14H18ClNO. The molecule has 2 aliphatic rings. The minimum Gasteiger partial charge on any atom is -0.492 e. The van der Waals surface area contributed by atoms with Crippen molar-refractivity contribution in [3.63, 3.8) is 0 Å². The zero-order chi connectivity index (χ0) is 11.7. The van der Waals surface area contributed by atoms with Crippen LogP contribution in [-0.2, 0) is 13.0 Å². The van der Waals surface area contributed by atoms with Gasteiger partial charge >= 0.3 is 0 Å². The topological polar surface area (TPSA) is 21.3 Å². The van der Waals surface area contributed by atoms with Crippen LogP contribution in [0.5, 0.6) is 5.75 Å². The van der Waals surface area contributed by atoms with Gasteiger partial charge in [0.05, 0.1) is 11.6 Å². The normalized spacial score (nSPS) is 19.6. The molecule has 0 radical (unpaired) electrons. The standard InChI is InChI=1S/C14H18ClNO/c15-14-12-6-7-16-8-11(12)4-5-13(14)17-9-10-2-1-3-10/h4-5,10,16H,1-3,6-9H2. The minimum atomic E-state index is 0.753. The first kappa shape index (κ1) is 11.4. The summed E-state index contributed by atoms with van der Waals surface area (Å²) in [6, 6.07) is 4.16. The molecule has 1 saturated carbocycles. The summed E-state index contributed by atoms with van der Waals surface area (Å²) in [5, 5.41) is 4.19. The van der Waals surface area contributed by atoms with Crippen LogP contribution in [0, 0.1) is 5.92 Å². The molecule has 1 heterocycles. The van der Waals surface area contributed by atoms with E-state index in [1.807, 2.05) is 6.07 Å². The molecule has 1 aromatic carbocycles. The van der Waals surface area contributed by atoms with Crippen LogP contribution in [0.4, 0.5) is 0 Å². The Hall–Kier alpha value is -0.730. The molecule has 0 amide bonds. The molecule has 0 bridgehead atoms. The maximum atomic E-state index is 6.42. The molecule has 2 nitrogen and oxygen atoms in total. The van der Waals surface area contributed by atoms with Gasteiger partial charge in [-0.15, -0.1) is 0 Å². The van der Waals surface area contributed by atoms with Crippen LogP contribution in [0.3, 0.4) is 0 Å². The van der Waals surface area contributed by atoms with Crippen molar-refractivity contribution in [1.82, 2.24) is 5.32 Å². The highest BCUT2D eigenvalue weighted by atomic mass is 35.5. The van der Waals surface area contributed by atoms with E-state index in [-0.39, 0.29) is 0 Å². The molecule has 1 aliphatic heterocycles. The van der Waals surface area contributed by atoms with Crippen LogP contribution >= 0.6 is 11.6 Å². The van der Waals surface area contributed by atoms with Crippen molar-refractivity contribution in [2.75, 3.05) is 13.2 Å². The molecule has 1 aromatic rings. The lowest BCUT2D eigenvalue weighted by Crippen LogP contribution is -2.24. The van der Waals surface area contributed by atoms with E-state index in [1.165, 1.54) is 30.4 Å². The van der Waals surface area contributed by atoms with Gasteiger partial charge in [0.1, 0.15) is 5.75 Å². The van der Waals surface area contributed by atoms with Gasteiger partial charge in [-0.1, -0.05) is 24.1 Å². The summed E-state index contributed by atoms with van der Waals surface area (Å²) in [6.07, 6.45) is 4.99. The number of nitrogens with one attached hydrogen (secondary N) is 1. The van der Waals surface area contributed by atoms with Crippen LogP contribution in [0.2, 0.25) is 5.02 Å². The van der Waals surface area contributed by atoms with Crippen molar-refractivity contribution < 1.29 is 4.74 Å². The van der Waals surface area contributed by atoms with E-state index in [9.17, 15) is 0 Å².